The molecule has 1 aromatic carbocycles. The number of hydrogen-bond donors (Lipinski definition) is 1. The van der Waals surface area contributed by atoms with Gasteiger partial charge < -0.3 is 14.2 Å². The second-order valence-electron chi connectivity index (χ2n) is 12.5. The number of carbonyl (C=O) groups is 1. The Hall–Kier alpha value is -2.42. The molecule has 1 amide bonds. The summed E-state index contributed by atoms with van der Waals surface area (Å²) in [5.41, 5.74) is 3.32. The van der Waals surface area contributed by atoms with Crippen molar-refractivity contribution >= 4 is 23.4 Å². The monoisotopic (exact) mass is 557 g/mol. The number of halogens is 2. The number of nitrogens with zero attached hydrogens (tertiary/aromatic N) is 2. The minimum absolute atomic E-state index is 0.242. The molecule has 39 heavy (non-hydrogen) atoms. The summed E-state index contributed by atoms with van der Waals surface area (Å²) in [6.45, 7) is 7.70. The predicted molar refractivity (Wildman–Crippen MR) is 147 cm³/mol. The highest BCUT2D eigenvalue weighted by Gasteiger charge is 2.49. The van der Waals surface area contributed by atoms with Gasteiger partial charge in [-0.05, 0) is 82.7 Å². The summed E-state index contributed by atoms with van der Waals surface area (Å²) in [5, 5.41) is 3.45. The van der Waals surface area contributed by atoms with Crippen molar-refractivity contribution in [3.8, 4) is 5.88 Å². The van der Waals surface area contributed by atoms with E-state index < -0.39 is 23.5 Å². The van der Waals surface area contributed by atoms with Gasteiger partial charge in [0.25, 0.3) is 0 Å². The fourth-order valence-corrected chi connectivity index (χ4v) is 7.13. The maximum absolute atomic E-state index is 14.2. The third-order valence-electron chi connectivity index (χ3n) is 8.60. The smallest absolute Gasteiger partial charge is 0.412 e. The van der Waals surface area contributed by atoms with Crippen LogP contribution in [0.4, 0.5) is 14.9 Å². The molecule has 4 aliphatic rings. The van der Waals surface area contributed by atoms with Gasteiger partial charge in [-0.3, -0.25) is 10.2 Å². The first-order chi connectivity index (χ1) is 18.5. The largest absolute Gasteiger partial charge is 0.476 e. The summed E-state index contributed by atoms with van der Waals surface area (Å²) in [6.07, 6.45) is 4.59. The van der Waals surface area contributed by atoms with E-state index in [1.165, 1.54) is 5.56 Å². The number of amides is 1. The second kappa shape index (κ2) is 9.89. The number of anilines is 1. The Morgan fingerprint density at radius 3 is 2.95 bits per heavy atom. The molecule has 4 heterocycles. The molecule has 3 atom stereocenters. The van der Waals surface area contributed by atoms with Crippen LogP contribution in [0.3, 0.4) is 0 Å². The summed E-state index contributed by atoms with van der Waals surface area (Å²) in [6, 6.07) is 7.74. The molecular formula is C30H37ClFN3O4. The molecule has 0 radical (unpaired) electrons. The number of benzene rings is 1. The van der Waals surface area contributed by atoms with Gasteiger partial charge in [-0.1, -0.05) is 17.7 Å². The first kappa shape index (κ1) is 26.8. The van der Waals surface area contributed by atoms with E-state index in [1.54, 1.807) is 6.07 Å². The lowest BCUT2D eigenvalue weighted by Gasteiger charge is -2.42. The van der Waals surface area contributed by atoms with Gasteiger partial charge in [-0.15, -0.1) is 0 Å². The molecule has 0 unspecified atom stereocenters. The van der Waals surface area contributed by atoms with Gasteiger partial charge in [0.2, 0.25) is 5.88 Å². The highest BCUT2D eigenvalue weighted by molar-refractivity contribution is 6.31. The number of carbonyl (C=O) groups excluding carboxylic acids is 1. The number of hydrogen-bond acceptors (Lipinski definition) is 6. The number of rotatable bonds is 4. The molecule has 0 bridgehead atoms. The number of pyridine rings is 1. The van der Waals surface area contributed by atoms with Crippen molar-refractivity contribution in [2.75, 3.05) is 25.0 Å². The SMILES string of the molecule is CC(C)(C)OC(=O)Nc1ccc2c(c1)[C@]1(CCC2)Cc2nc(OC[C@@]34CCCN3C[C@H](F)C4)cc(Cl)c2CO1. The Kier molecular flexibility index (Phi) is 6.79. The molecule has 1 aliphatic carbocycles. The van der Waals surface area contributed by atoms with Crippen molar-refractivity contribution in [1.29, 1.82) is 0 Å². The zero-order valence-electron chi connectivity index (χ0n) is 22.9. The maximum atomic E-state index is 14.2. The molecule has 1 N–H and O–H groups in total. The molecule has 1 spiro atoms. The van der Waals surface area contributed by atoms with Crippen LogP contribution in [0.25, 0.3) is 0 Å². The molecule has 1 aromatic heterocycles. The summed E-state index contributed by atoms with van der Waals surface area (Å²) in [4.78, 5) is 19.6. The van der Waals surface area contributed by atoms with Crippen LogP contribution in [-0.2, 0) is 34.5 Å². The first-order valence-corrected chi connectivity index (χ1v) is 14.4. The minimum atomic E-state index is -0.799. The van der Waals surface area contributed by atoms with Crippen LogP contribution < -0.4 is 10.1 Å². The topological polar surface area (TPSA) is 72.9 Å². The van der Waals surface area contributed by atoms with Gasteiger partial charge in [0.15, 0.2) is 0 Å². The molecular weight excluding hydrogens is 521 g/mol. The number of fused-ring (bicyclic) bond motifs is 4. The Bertz CT molecular complexity index is 1280. The van der Waals surface area contributed by atoms with Crippen molar-refractivity contribution in [3.63, 3.8) is 0 Å². The number of aryl methyl sites for hydroxylation is 1. The highest BCUT2D eigenvalue weighted by Crippen LogP contribution is 2.47. The number of aromatic nitrogens is 1. The van der Waals surface area contributed by atoms with E-state index in [4.69, 9.17) is 30.8 Å². The number of nitrogens with one attached hydrogen (secondary N) is 1. The van der Waals surface area contributed by atoms with Crippen LogP contribution in [0.15, 0.2) is 24.3 Å². The summed E-state index contributed by atoms with van der Waals surface area (Å²) >= 11 is 6.71. The number of alkyl halides is 1. The third kappa shape index (κ3) is 5.23. The van der Waals surface area contributed by atoms with Crippen LogP contribution >= 0.6 is 11.6 Å². The van der Waals surface area contributed by atoms with Gasteiger partial charge in [-0.25, -0.2) is 14.2 Å². The normalized spacial score (nSPS) is 28.1. The van der Waals surface area contributed by atoms with Crippen LogP contribution in [-0.4, -0.2) is 53.0 Å². The van der Waals surface area contributed by atoms with Crippen LogP contribution in [0.2, 0.25) is 5.02 Å². The fourth-order valence-electron chi connectivity index (χ4n) is 6.88. The zero-order chi connectivity index (χ0) is 27.4. The number of ether oxygens (including phenoxy) is 3. The molecule has 9 heteroatoms. The molecule has 210 valence electrons. The highest BCUT2D eigenvalue weighted by atomic mass is 35.5. The van der Waals surface area contributed by atoms with E-state index in [0.717, 1.165) is 55.5 Å². The molecule has 2 aromatic rings. The molecule has 0 saturated carbocycles. The summed E-state index contributed by atoms with van der Waals surface area (Å²) in [5.74, 6) is 0.482. The summed E-state index contributed by atoms with van der Waals surface area (Å²) in [7, 11) is 0. The maximum Gasteiger partial charge on any atom is 0.412 e. The third-order valence-corrected chi connectivity index (χ3v) is 8.94. The zero-order valence-corrected chi connectivity index (χ0v) is 23.7. The van der Waals surface area contributed by atoms with Gasteiger partial charge in [0.1, 0.15) is 18.4 Å². The molecule has 3 aliphatic heterocycles. The van der Waals surface area contributed by atoms with Gasteiger partial charge >= 0.3 is 6.09 Å². The fraction of sp³-hybridized carbons (Fsp3) is 0.600. The Balaban J connectivity index is 1.24. The van der Waals surface area contributed by atoms with E-state index in [0.29, 0.717) is 49.2 Å². The second-order valence-corrected chi connectivity index (χ2v) is 13.0. The predicted octanol–water partition coefficient (Wildman–Crippen LogP) is 6.34. The Labute approximate surface area is 234 Å². The van der Waals surface area contributed by atoms with Crippen molar-refractivity contribution in [3.05, 3.63) is 51.7 Å². The van der Waals surface area contributed by atoms with E-state index in [-0.39, 0.29) is 5.54 Å². The van der Waals surface area contributed by atoms with E-state index in [9.17, 15) is 9.18 Å². The molecule has 6 rings (SSSR count). The first-order valence-electron chi connectivity index (χ1n) is 14.0. The van der Waals surface area contributed by atoms with Crippen LogP contribution in [0.5, 0.6) is 5.88 Å². The minimum Gasteiger partial charge on any atom is -0.476 e. The Morgan fingerprint density at radius 2 is 2.13 bits per heavy atom. The molecule has 2 fully saturated rings. The molecule has 2 saturated heterocycles. The lowest BCUT2D eigenvalue weighted by molar-refractivity contribution is -0.0855. The van der Waals surface area contributed by atoms with Crippen LogP contribution in [0.1, 0.15) is 75.3 Å². The van der Waals surface area contributed by atoms with Crippen molar-refractivity contribution < 1.29 is 23.4 Å². The molecule has 7 nitrogen and oxygen atoms in total. The van der Waals surface area contributed by atoms with E-state index in [1.807, 2.05) is 32.9 Å². The van der Waals surface area contributed by atoms with Gasteiger partial charge in [-0.2, -0.15) is 0 Å². The summed E-state index contributed by atoms with van der Waals surface area (Å²) < 4.78 is 32.5. The van der Waals surface area contributed by atoms with Crippen molar-refractivity contribution in [2.24, 2.45) is 0 Å². The average Bonchev–Trinajstić information content (AvgIpc) is 3.38. The van der Waals surface area contributed by atoms with Gasteiger partial charge in [0.05, 0.1) is 28.5 Å². The van der Waals surface area contributed by atoms with Gasteiger partial charge in [0, 0.05) is 36.7 Å². The van der Waals surface area contributed by atoms with E-state index in [2.05, 4.69) is 16.3 Å². The van der Waals surface area contributed by atoms with Crippen molar-refractivity contribution in [1.82, 2.24) is 9.88 Å². The lowest BCUT2D eigenvalue weighted by Crippen LogP contribution is -2.43. The Morgan fingerprint density at radius 1 is 1.28 bits per heavy atom. The standard InChI is InChI=1S/C30H37ClFN3O4/c1-28(2,3)39-27(36)33-21-8-7-19-6-4-10-30(23(19)12-21)15-25-22(17-38-30)24(31)13-26(34-25)37-18-29-9-5-11-35(29)16-20(32)14-29/h7-8,12-13,20H,4-6,9-11,14-18H2,1-3H3,(H,33,36)/t20-,29+,30+/m1/s1. The lowest BCUT2D eigenvalue weighted by atomic mass is 9.74. The van der Waals surface area contributed by atoms with E-state index >= 15 is 0 Å². The van der Waals surface area contributed by atoms with Crippen LogP contribution in [0, 0.1) is 0 Å². The van der Waals surface area contributed by atoms with Crippen molar-refractivity contribution in [2.45, 2.75) is 95.2 Å². The quantitative estimate of drug-likeness (QED) is 0.473. The average molecular weight is 558 g/mol.